The third-order valence-corrected chi connectivity index (χ3v) is 4.27. The molecule has 5 heteroatoms. The number of Topliss-reactive ketones (excluding diaryl/α,β-unsaturated/α-hetero) is 1. The van der Waals surface area contributed by atoms with E-state index in [4.69, 9.17) is 0 Å². The standard InChI is InChI=1S/C22H15FN2O2/c23-16-9-6-10-17(13-16)24-22(27)21(26)20-19(15-7-2-1-3-8-15)14-18-11-4-5-12-25(18)20/h1-14H,(H,24,27). The molecule has 0 aliphatic heterocycles. The molecule has 2 aromatic heterocycles. The summed E-state index contributed by atoms with van der Waals surface area (Å²) in [7, 11) is 0. The van der Waals surface area contributed by atoms with E-state index in [2.05, 4.69) is 5.32 Å². The average Bonchev–Trinajstić information content (AvgIpc) is 3.07. The van der Waals surface area contributed by atoms with Crippen molar-refractivity contribution in [1.82, 2.24) is 4.40 Å². The molecule has 1 N–H and O–H groups in total. The van der Waals surface area contributed by atoms with Crippen molar-refractivity contribution < 1.29 is 14.0 Å². The van der Waals surface area contributed by atoms with Crippen LogP contribution in [0.4, 0.5) is 10.1 Å². The van der Waals surface area contributed by atoms with Crippen LogP contribution in [0.3, 0.4) is 0 Å². The van der Waals surface area contributed by atoms with Crippen LogP contribution in [0.15, 0.2) is 85.1 Å². The number of halogens is 1. The highest BCUT2D eigenvalue weighted by Crippen LogP contribution is 2.28. The topological polar surface area (TPSA) is 50.6 Å². The highest BCUT2D eigenvalue weighted by Gasteiger charge is 2.24. The van der Waals surface area contributed by atoms with Gasteiger partial charge in [-0.2, -0.15) is 0 Å². The number of benzene rings is 2. The number of amides is 1. The molecular formula is C22H15FN2O2. The van der Waals surface area contributed by atoms with Crippen LogP contribution in [-0.2, 0) is 4.79 Å². The van der Waals surface area contributed by atoms with E-state index in [1.54, 1.807) is 16.7 Å². The first-order chi connectivity index (χ1) is 13.1. The van der Waals surface area contributed by atoms with Gasteiger partial charge in [-0.3, -0.25) is 9.59 Å². The minimum absolute atomic E-state index is 0.232. The van der Waals surface area contributed by atoms with Gasteiger partial charge in [-0.1, -0.05) is 42.5 Å². The van der Waals surface area contributed by atoms with E-state index >= 15 is 0 Å². The summed E-state index contributed by atoms with van der Waals surface area (Å²) >= 11 is 0. The Morgan fingerprint density at radius 1 is 0.852 bits per heavy atom. The first-order valence-corrected chi connectivity index (χ1v) is 8.40. The molecule has 4 aromatic rings. The number of aromatic nitrogens is 1. The summed E-state index contributed by atoms with van der Waals surface area (Å²) in [6.07, 6.45) is 1.74. The predicted molar refractivity (Wildman–Crippen MR) is 102 cm³/mol. The number of nitrogens with one attached hydrogen (secondary N) is 1. The molecule has 4 rings (SSSR count). The summed E-state index contributed by atoms with van der Waals surface area (Å²) in [5.41, 5.74) is 2.81. The zero-order valence-electron chi connectivity index (χ0n) is 14.2. The first-order valence-electron chi connectivity index (χ1n) is 8.40. The van der Waals surface area contributed by atoms with Crippen LogP contribution in [-0.4, -0.2) is 16.1 Å². The van der Waals surface area contributed by atoms with Gasteiger partial charge in [0.2, 0.25) is 0 Å². The smallest absolute Gasteiger partial charge is 0.298 e. The van der Waals surface area contributed by atoms with E-state index in [9.17, 15) is 14.0 Å². The fourth-order valence-corrected chi connectivity index (χ4v) is 3.05. The molecule has 0 radical (unpaired) electrons. The molecule has 0 fully saturated rings. The van der Waals surface area contributed by atoms with Crippen LogP contribution in [0.1, 0.15) is 10.5 Å². The minimum atomic E-state index is -0.818. The zero-order valence-corrected chi connectivity index (χ0v) is 14.2. The van der Waals surface area contributed by atoms with Crippen molar-refractivity contribution in [3.8, 4) is 11.1 Å². The van der Waals surface area contributed by atoms with Gasteiger partial charge in [0.1, 0.15) is 11.5 Å². The molecule has 4 nitrogen and oxygen atoms in total. The molecule has 0 saturated heterocycles. The van der Waals surface area contributed by atoms with Crippen LogP contribution in [0, 0.1) is 5.82 Å². The Kier molecular flexibility index (Phi) is 4.26. The monoisotopic (exact) mass is 358 g/mol. The van der Waals surface area contributed by atoms with Crippen molar-refractivity contribution >= 4 is 22.9 Å². The van der Waals surface area contributed by atoms with Crippen LogP contribution in [0.2, 0.25) is 0 Å². The van der Waals surface area contributed by atoms with Gasteiger partial charge < -0.3 is 9.72 Å². The van der Waals surface area contributed by atoms with Gasteiger partial charge in [0.25, 0.3) is 11.7 Å². The Labute approximate surface area is 154 Å². The van der Waals surface area contributed by atoms with Gasteiger partial charge in [-0.25, -0.2) is 4.39 Å². The Bertz CT molecular complexity index is 1150. The molecule has 0 saturated carbocycles. The van der Waals surface area contributed by atoms with E-state index in [1.165, 1.54) is 24.3 Å². The highest BCUT2D eigenvalue weighted by molar-refractivity contribution is 6.47. The van der Waals surface area contributed by atoms with E-state index in [1.807, 2.05) is 48.5 Å². The van der Waals surface area contributed by atoms with Gasteiger partial charge in [-0.05, 0) is 42.0 Å². The molecule has 0 atom stereocenters. The fourth-order valence-electron chi connectivity index (χ4n) is 3.05. The Morgan fingerprint density at radius 2 is 1.63 bits per heavy atom. The maximum atomic E-state index is 13.3. The molecule has 132 valence electrons. The quantitative estimate of drug-likeness (QED) is 0.429. The average molecular weight is 358 g/mol. The number of fused-ring (bicyclic) bond motifs is 1. The lowest BCUT2D eigenvalue weighted by Crippen LogP contribution is -2.24. The maximum Gasteiger partial charge on any atom is 0.298 e. The summed E-state index contributed by atoms with van der Waals surface area (Å²) in [6, 6.07) is 22.2. The molecule has 0 unspecified atom stereocenters. The highest BCUT2D eigenvalue weighted by atomic mass is 19.1. The first kappa shape index (κ1) is 16.7. The number of rotatable bonds is 4. The van der Waals surface area contributed by atoms with E-state index in [0.717, 1.165) is 11.1 Å². The maximum absolute atomic E-state index is 13.3. The summed E-state index contributed by atoms with van der Waals surface area (Å²) in [5, 5.41) is 2.47. The van der Waals surface area contributed by atoms with Crippen molar-refractivity contribution in [3.05, 3.63) is 96.6 Å². The van der Waals surface area contributed by atoms with Crippen LogP contribution in [0.5, 0.6) is 0 Å². The SMILES string of the molecule is O=C(Nc1cccc(F)c1)C(=O)c1c(-c2ccccc2)cc2ccccn12. The van der Waals surface area contributed by atoms with Gasteiger partial charge in [0, 0.05) is 23.0 Å². The lowest BCUT2D eigenvalue weighted by Gasteiger charge is -2.08. The third-order valence-electron chi connectivity index (χ3n) is 4.27. The van der Waals surface area contributed by atoms with E-state index in [0.29, 0.717) is 5.56 Å². The van der Waals surface area contributed by atoms with Gasteiger partial charge in [0.05, 0.1) is 0 Å². The van der Waals surface area contributed by atoms with E-state index in [-0.39, 0.29) is 11.4 Å². The zero-order chi connectivity index (χ0) is 18.8. The number of anilines is 1. The van der Waals surface area contributed by atoms with Gasteiger partial charge in [0.15, 0.2) is 0 Å². The second-order valence-electron chi connectivity index (χ2n) is 6.06. The number of carbonyl (C=O) groups excluding carboxylic acids is 2. The molecule has 0 bridgehead atoms. The molecule has 1 amide bonds. The number of ketones is 1. The van der Waals surface area contributed by atoms with Crippen molar-refractivity contribution in [3.63, 3.8) is 0 Å². The van der Waals surface area contributed by atoms with Crippen molar-refractivity contribution in [2.45, 2.75) is 0 Å². The Morgan fingerprint density at radius 3 is 2.41 bits per heavy atom. The number of pyridine rings is 1. The number of carbonyl (C=O) groups is 2. The summed E-state index contributed by atoms with van der Waals surface area (Å²) in [4.78, 5) is 25.5. The number of hydrogen-bond donors (Lipinski definition) is 1. The molecule has 2 aromatic carbocycles. The molecule has 0 spiro atoms. The molecular weight excluding hydrogens is 343 g/mol. The van der Waals surface area contributed by atoms with Crippen molar-refractivity contribution in [2.75, 3.05) is 5.32 Å². The van der Waals surface area contributed by atoms with E-state index < -0.39 is 17.5 Å². The second kappa shape index (κ2) is 6.88. The third kappa shape index (κ3) is 3.22. The molecule has 0 aliphatic rings. The summed E-state index contributed by atoms with van der Waals surface area (Å²) in [6.45, 7) is 0. The normalized spacial score (nSPS) is 10.7. The van der Waals surface area contributed by atoms with Gasteiger partial charge >= 0.3 is 0 Å². The lowest BCUT2D eigenvalue weighted by molar-refractivity contribution is -0.112. The second-order valence-corrected chi connectivity index (χ2v) is 6.06. The lowest BCUT2D eigenvalue weighted by atomic mass is 10.0. The Hall–Kier alpha value is -3.73. The van der Waals surface area contributed by atoms with Gasteiger partial charge in [-0.15, -0.1) is 0 Å². The van der Waals surface area contributed by atoms with Crippen molar-refractivity contribution in [2.24, 2.45) is 0 Å². The van der Waals surface area contributed by atoms with Crippen LogP contribution >= 0.6 is 0 Å². The fraction of sp³-hybridized carbons (Fsp3) is 0. The number of hydrogen-bond acceptors (Lipinski definition) is 2. The molecule has 2 heterocycles. The minimum Gasteiger partial charge on any atom is -0.319 e. The van der Waals surface area contributed by atoms with Crippen LogP contribution < -0.4 is 5.32 Å². The summed E-state index contributed by atoms with van der Waals surface area (Å²) < 4.78 is 15.0. The molecule has 27 heavy (non-hydrogen) atoms. The van der Waals surface area contributed by atoms with Crippen LogP contribution in [0.25, 0.3) is 16.6 Å². The largest absolute Gasteiger partial charge is 0.319 e. The predicted octanol–water partition coefficient (Wildman–Crippen LogP) is 4.57. The van der Waals surface area contributed by atoms with Crippen molar-refractivity contribution in [1.29, 1.82) is 0 Å². The Balaban J connectivity index is 1.78. The molecule has 0 aliphatic carbocycles. The number of nitrogens with zero attached hydrogens (tertiary/aromatic N) is 1. The summed E-state index contributed by atoms with van der Waals surface area (Å²) in [5.74, 6) is -2.00.